The van der Waals surface area contributed by atoms with Crippen LogP contribution in [0.3, 0.4) is 0 Å². The van der Waals surface area contributed by atoms with Gasteiger partial charge in [0.2, 0.25) is 0 Å². The van der Waals surface area contributed by atoms with Crippen molar-refractivity contribution in [2.24, 2.45) is 0 Å². The quantitative estimate of drug-likeness (QED) is 0.479. The first-order valence-corrected chi connectivity index (χ1v) is 4.73. The zero-order valence-corrected chi connectivity index (χ0v) is 8.43. The van der Waals surface area contributed by atoms with Crippen LogP contribution in [0.15, 0.2) is 73.6 Å². The van der Waals surface area contributed by atoms with E-state index in [9.17, 15) is 0 Å². The molecule has 84 valence electrons. The van der Waals surface area contributed by atoms with Gasteiger partial charge in [0.15, 0.2) is 0 Å². The van der Waals surface area contributed by atoms with E-state index in [1.54, 1.807) is 0 Å². The lowest BCUT2D eigenvalue weighted by Gasteiger charge is -1.49. The van der Waals surface area contributed by atoms with E-state index in [1.807, 2.05) is 73.6 Å². The van der Waals surface area contributed by atoms with E-state index >= 15 is 0 Å². The van der Waals surface area contributed by atoms with E-state index in [0.717, 1.165) is 0 Å². The van der Waals surface area contributed by atoms with Crippen LogP contribution in [-0.4, -0.2) is 23.4 Å². The molecule has 3 heterocycles. The minimum Gasteiger partial charge on any atom is -0.368 e. The number of hydrogen-bond donors (Lipinski definition) is 3. The zero-order valence-electron chi connectivity index (χ0n) is 8.43. The number of aromatic nitrogens is 3. The van der Waals surface area contributed by atoms with Crippen LogP contribution in [0.5, 0.6) is 0 Å². The van der Waals surface area contributed by atoms with Crippen LogP contribution in [-0.2, 0) is 0 Å². The fourth-order valence-corrected chi connectivity index (χ4v) is 0.833. The lowest BCUT2D eigenvalue weighted by atomic mass is 10.7. The van der Waals surface area contributed by atoms with Crippen LogP contribution in [0.25, 0.3) is 0 Å². The van der Waals surface area contributed by atoms with Crippen molar-refractivity contribution in [2.45, 2.75) is 0 Å². The molecular weight excluding hydrogens is 197 g/mol. The molecule has 0 fully saturated rings. The zero-order chi connectivity index (χ0) is 10.6. The Morgan fingerprint density at radius 2 is 0.562 bits per heavy atom. The third-order valence-electron chi connectivity index (χ3n) is 1.49. The summed E-state index contributed by atoms with van der Waals surface area (Å²) < 4.78 is 0. The summed E-state index contributed by atoms with van der Waals surface area (Å²) in [6, 6.07) is 11.7. The molecule has 0 radical (unpaired) electrons. The summed E-state index contributed by atoms with van der Waals surface area (Å²) in [5.74, 6) is 0. The molecule has 3 nitrogen and oxygen atoms in total. The van der Waals surface area contributed by atoms with E-state index in [1.165, 1.54) is 0 Å². The molecule has 0 amide bonds. The molecule has 3 rings (SSSR count). The summed E-state index contributed by atoms with van der Waals surface area (Å²) in [6.07, 6.45) is 11.2. The summed E-state index contributed by atoms with van der Waals surface area (Å²) >= 11 is 0. The summed E-state index contributed by atoms with van der Waals surface area (Å²) in [5.41, 5.74) is 0. The van der Waals surface area contributed by atoms with Gasteiger partial charge in [0.25, 0.3) is 0 Å². The first kappa shape index (κ1) is 13.9. The maximum atomic E-state index is 2.86. The number of rotatable bonds is 0. The Balaban J connectivity index is 0.000000205. The second-order valence-electron chi connectivity index (χ2n) is 2.65. The number of hydrogen-bond acceptors (Lipinski definition) is 0. The van der Waals surface area contributed by atoms with Gasteiger partial charge in [-0.2, -0.15) is 0 Å². The molecule has 0 aliphatic heterocycles. The molecule has 3 N–H and O–H groups in total. The van der Waals surface area contributed by atoms with Gasteiger partial charge >= 0.3 is 0 Å². The van der Waals surface area contributed by atoms with Gasteiger partial charge in [-0.3, -0.25) is 0 Å². The third kappa shape index (κ3) is 8.50. The van der Waals surface area contributed by atoms with E-state index in [2.05, 4.69) is 15.0 Å². The average molecular weight is 215 g/mol. The maximum absolute atomic E-state index is 2.86. The van der Waals surface area contributed by atoms with Crippen molar-refractivity contribution in [3.8, 4) is 0 Å². The minimum atomic E-state index is 0. The van der Waals surface area contributed by atoms with Crippen LogP contribution >= 0.6 is 0 Å². The lowest BCUT2D eigenvalue weighted by molar-refractivity contribution is 1.41. The van der Waals surface area contributed by atoms with E-state index in [0.29, 0.717) is 0 Å². The van der Waals surface area contributed by atoms with Crippen LogP contribution in [0.1, 0.15) is 0 Å². The molecule has 16 heavy (non-hydrogen) atoms. The number of nitrogens with one attached hydrogen (secondary N) is 3. The van der Waals surface area contributed by atoms with Crippen LogP contribution in [0, 0.1) is 0 Å². The molecule has 0 aliphatic carbocycles. The van der Waals surface area contributed by atoms with Crippen molar-refractivity contribution in [2.75, 3.05) is 0 Å². The number of H-pyrrole nitrogens is 3. The SMILES string of the molecule is B.c1cc[nH]c1.c1cc[nH]c1.c1cc[nH]c1. The Morgan fingerprint density at radius 3 is 0.625 bits per heavy atom. The van der Waals surface area contributed by atoms with Crippen LogP contribution < -0.4 is 0 Å². The van der Waals surface area contributed by atoms with Gasteiger partial charge in [-0.15, -0.1) is 0 Å². The summed E-state index contributed by atoms with van der Waals surface area (Å²) in [6.45, 7) is 0. The van der Waals surface area contributed by atoms with Gasteiger partial charge in [0, 0.05) is 37.2 Å². The van der Waals surface area contributed by atoms with Crippen LogP contribution in [0.2, 0.25) is 0 Å². The van der Waals surface area contributed by atoms with Crippen LogP contribution in [0.4, 0.5) is 0 Å². The largest absolute Gasteiger partial charge is 0.368 e. The standard InChI is InChI=1S/3C4H5N.BH3/c3*1-2-4-5-3-1;/h3*1-5H;1H3. The molecule has 4 heteroatoms. The fourth-order valence-electron chi connectivity index (χ4n) is 0.833. The summed E-state index contributed by atoms with van der Waals surface area (Å²) in [7, 11) is 0. The second-order valence-corrected chi connectivity index (χ2v) is 2.65. The van der Waals surface area contributed by atoms with Gasteiger partial charge in [0.1, 0.15) is 0 Å². The maximum Gasteiger partial charge on any atom is 0.0814 e. The third-order valence-corrected chi connectivity index (χ3v) is 1.49. The Labute approximate surface area is 97.5 Å². The van der Waals surface area contributed by atoms with Crippen molar-refractivity contribution in [1.82, 2.24) is 15.0 Å². The molecule has 3 aromatic heterocycles. The molecule has 0 saturated heterocycles. The Bertz CT molecular complexity index is 248. The first-order valence-electron chi connectivity index (χ1n) is 4.73. The molecule has 0 unspecified atom stereocenters. The average Bonchev–Trinajstić information content (AvgIpc) is 3.09. The molecule has 3 aromatic rings. The van der Waals surface area contributed by atoms with E-state index < -0.39 is 0 Å². The van der Waals surface area contributed by atoms with Gasteiger partial charge in [-0.1, -0.05) is 0 Å². The smallest absolute Gasteiger partial charge is 0.0814 e. The van der Waals surface area contributed by atoms with Crippen molar-refractivity contribution < 1.29 is 0 Å². The predicted molar refractivity (Wildman–Crippen MR) is 72.3 cm³/mol. The van der Waals surface area contributed by atoms with Crippen molar-refractivity contribution in [1.29, 1.82) is 0 Å². The Morgan fingerprint density at radius 1 is 0.375 bits per heavy atom. The summed E-state index contributed by atoms with van der Waals surface area (Å²) in [4.78, 5) is 8.58. The molecule has 0 spiro atoms. The topological polar surface area (TPSA) is 47.4 Å². The highest BCUT2D eigenvalue weighted by Crippen LogP contribution is 1.73. The highest BCUT2D eigenvalue weighted by Gasteiger charge is 1.56. The first-order chi connectivity index (χ1) is 7.50. The van der Waals surface area contributed by atoms with Crippen molar-refractivity contribution in [3.05, 3.63) is 73.6 Å². The normalized spacial score (nSPS) is 7.50. The molecule has 0 atom stereocenters. The van der Waals surface area contributed by atoms with Gasteiger partial charge in [-0.05, 0) is 36.4 Å². The second kappa shape index (κ2) is 11.0. The van der Waals surface area contributed by atoms with E-state index in [4.69, 9.17) is 0 Å². The monoisotopic (exact) mass is 215 g/mol. The number of aromatic amines is 3. The van der Waals surface area contributed by atoms with Gasteiger partial charge in [-0.25, -0.2) is 0 Å². The minimum absolute atomic E-state index is 0. The summed E-state index contributed by atoms with van der Waals surface area (Å²) in [5, 5.41) is 0. The fraction of sp³-hybridized carbons (Fsp3) is 0. The highest BCUT2D eigenvalue weighted by molar-refractivity contribution is 5.75. The van der Waals surface area contributed by atoms with Gasteiger partial charge in [0.05, 0.1) is 8.41 Å². The predicted octanol–water partition coefficient (Wildman–Crippen LogP) is 1.86. The van der Waals surface area contributed by atoms with E-state index in [-0.39, 0.29) is 8.41 Å². The molecule has 0 bridgehead atoms. The Kier molecular flexibility index (Phi) is 9.54. The van der Waals surface area contributed by atoms with Crippen molar-refractivity contribution >= 4 is 8.41 Å². The van der Waals surface area contributed by atoms with Gasteiger partial charge < -0.3 is 15.0 Å². The lowest BCUT2D eigenvalue weighted by Crippen LogP contribution is -1.38. The van der Waals surface area contributed by atoms with Crippen molar-refractivity contribution in [3.63, 3.8) is 0 Å². The molecule has 0 aliphatic rings. The Hall–Kier alpha value is -2.10. The molecule has 0 saturated carbocycles. The molecule has 0 aromatic carbocycles. The molecular formula is C12H18BN3. The highest BCUT2D eigenvalue weighted by atomic mass is 14.6.